The maximum Gasteiger partial charge on any atom is 0.339 e. The van der Waals surface area contributed by atoms with E-state index in [0.29, 0.717) is 42.8 Å². The molecular weight excluding hydrogens is 520 g/mol. The van der Waals surface area contributed by atoms with Crippen LogP contribution < -0.4 is 0 Å². The molecule has 10 heteroatoms. The van der Waals surface area contributed by atoms with Crippen molar-refractivity contribution in [1.82, 2.24) is 0 Å². The van der Waals surface area contributed by atoms with E-state index in [2.05, 4.69) is 0 Å². The zero-order valence-electron chi connectivity index (χ0n) is 23.7. The maximum atomic E-state index is 13.9. The molecule has 6 rings (SSSR count). The molecule has 0 aromatic rings. The lowest BCUT2D eigenvalue weighted by Gasteiger charge is -2.40. The highest BCUT2D eigenvalue weighted by Crippen LogP contribution is 2.65. The third kappa shape index (κ3) is 3.72. The van der Waals surface area contributed by atoms with Gasteiger partial charge in [-0.15, -0.1) is 0 Å². The molecule has 2 bridgehead atoms. The highest BCUT2D eigenvalue weighted by molar-refractivity contribution is 5.93. The molecule has 6 aliphatic rings. The molecule has 0 radical (unpaired) electrons. The number of hydrogen-bond acceptors (Lipinski definition) is 10. The van der Waals surface area contributed by atoms with Gasteiger partial charge >= 0.3 is 11.9 Å². The molecule has 0 aromatic heterocycles. The molecular formula is C30H38O10. The van der Waals surface area contributed by atoms with Gasteiger partial charge in [-0.1, -0.05) is 13.8 Å². The summed E-state index contributed by atoms with van der Waals surface area (Å²) >= 11 is 0. The Hall–Kier alpha value is -2.53. The molecule has 1 aliphatic carbocycles. The predicted octanol–water partition coefficient (Wildman–Crippen LogP) is 2.76. The molecule has 218 valence electrons. The van der Waals surface area contributed by atoms with Crippen molar-refractivity contribution < 1.29 is 48.3 Å². The molecule has 40 heavy (non-hydrogen) atoms. The van der Waals surface area contributed by atoms with Gasteiger partial charge in [0.05, 0.1) is 25.7 Å². The summed E-state index contributed by atoms with van der Waals surface area (Å²) in [6.45, 7) is 6.87. The van der Waals surface area contributed by atoms with Crippen molar-refractivity contribution in [3.63, 3.8) is 0 Å². The average Bonchev–Trinajstić information content (AvgIpc) is 3.43. The smallest absolute Gasteiger partial charge is 0.339 e. The summed E-state index contributed by atoms with van der Waals surface area (Å²) in [6, 6.07) is 0. The van der Waals surface area contributed by atoms with E-state index in [1.165, 1.54) is 7.11 Å². The quantitative estimate of drug-likeness (QED) is 0.485. The summed E-state index contributed by atoms with van der Waals surface area (Å²) in [6.07, 6.45) is 4.88. The van der Waals surface area contributed by atoms with Crippen molar-refractivity contribution in [1.29, 1.82) is 0 Å². The molecule has 0 unspecified atom stereocenters. The summed E-state index contributed by atoms with van der Waals surface area (Å²) in [5, 5.41) is 22.3. The molecule has 3 saturated heterocycles. The van der Waals surface area contributed by atoms with Gasteiger partial charge in [0.15, 0.2) is 5.76 Å². The van der Waals surface area contributed by atoms with Crippen molar-refractivity contribution >= 4 is 17.7 Å². The Kier molecular flexibility index (Phi) is 6.03. The summed E-state index contributed by atoms with van der Waals surface area (Å²) in [4.78, 5) is 38.4. The number of hydrogen-bond donors (Lipinski definition) is 2. The highest BCUT2D eigenvalue weighted by atomic mass is 16.7. The number of Topliss-reactive ketones (excluding diaryl/α,β-unsaturated/α-hetero) is 1. The van der Waals surface area contributed by atoms with Crippen LogP contribution in [0.2, 0.25) is 0 Å². The average molecular weight is 559 g/mol. The lowest BCUT2D eigenvalue weighted by Crippen LogP contribution is -2.51. The number of carbonyl (C=O) groups is 3. The highest BCUT2D eigenvalue weighted by Gasteiger charge is 2.73. The van der Waals surface area contributed by atoms with Crippen LogP contribution in [0.15, 0.2) is 34.8 Å². The van der Waals surface area contributed by atoms with Crippen LogP contribution in [0, 0.1) is 17.3 Å². The first-order valence-electron chi connectivity index (χ1n) is 14.1. The maximum absolute atomic E-state index is 13.9. The fourth-order valence-electron chi connectivity index (χ4n) is 8.51. The Balaban J connectivity index is 1.37. The van der Waals surface area contributed by atoms with Gasteiger partial charge in [0, 0.05) is 41.2 Å². The summed E-state index contributed by atoms with van der Waals surface area (Å²) in [7, 11) is 1.49. The number of rotatable bonds is 5. The van der Waals surface area contributed by atoms with Gasteiger partial charge in [-0.3, -0.25) is 9.59 Å². The molecule has 4 fully saturated rings. The number of aliphatic hydroxyl groups is 2. The third-order valence-electron chi connectivity index (χ3n) is 10.3. The lowest BCUT2D eigenvalue weighted by atomic mass is 9.67. The minimum Gasteiger partial charge on any atom is -0.495 e. The van der Waals surface area contributed by atoms with Crippen molar-refractivity contribution in [2.45, 2.75) is 101 Å². The minimum absolute atomic E-state index is 0.0140. The first-order chi connectivity index (χ1) is 18.7. The van der Waals surface area contributed by atoms with Crippen LogP contribution in [0.5, 0.6) is 0 Å². The molecule has 0 aromatic carbocycles. The topological polar surface area (TPSA) is 138 Å². The van der Waals surface area contributed by atoms with Gasteiger partial charge in [0.2, 0.25) is 5.79 Å². The molecule has 0 amide bonds. The van der Waals surface area contributed by atoms with Crippen LogP contribution >= 0.6 is 0 Å². The molecule has 8 atom stereocenters. The number of fused-ring (bicyclic) bond motifs is 1. The van der Waals surface area contributed by atoms with E-state index in [9.17, 15) is 24.6 Å². The normalized spacial score (nSPS) is 45.7. The number of ether oxygens (including phenoxy) is 5. The molecule has 10 nitrogen and oxygen atoms in total. The van der Waals surface area contributed by atoms with E-state index in [4.69, 9.17) is 23.7 Å². The second kappa shape index (κ2) is 8.74. The van der Waals surface area contributed by atoms with Gasteiger partial charge in [0.1, 0.15) is 28.8 Å². The number of allylic oxidation sites excluding steroid dienone is 2. The van der Waals surface area contributed by atoms with Crippen molar-refractivity contribution in [2.75, 3.05) is 13.7 Å². The first kappa shape index (κ1) is 27.6. The van der Waals surface area contributed by atoms with E-state index >= 15 is 0 Å². The Morgan fingerprint density at radius 3 is 2.65 bits per heavy atom. The Morgan fingerprint density at radius 2 is 2.00 bits per heavy atom. The number of carbonyl (C=O) groups excluding carboxylic acids is 3. The third-order valence-corrected chi connectivity index (χ3v) is 10.3. The van der Waals surface area contributed by atoms with Gasteiger partial charge in [-0.2, -0.15) is 0 Å². The summed E-state index contributed by atoms with van der Waals surface area (Å²) in [5.41, 5.74) is -2.65. The largest absolute Gasteiger partial charge is 0.495 e. The van der Waals surface area contributed by atoms with Crippen LogP contribution in [0.25, 0.3) is 0 Å². The lowest BCUT2D eigenvalue weighted by molar-refractivity contribution is -0.241. The minimum atomic E-state index is -1.85. The summed E-state index contributed by atoms with van der Waals surface area (Å²) < 4.78 is 30.1. The van der Waals surface area contributed by atoms with Crippen molar-refractivity contribution in [2.24, 2.45) is 17.3 Å². The number of cyclic esters (lactones) is 1. The second-order valence-electron chi connectivity index (χ2n) is 13.0. The van der Waals surface area contributed by atoms with E-state index in [1.54, 1.807) is 26.0 Å². The number of methoxy groups -OCH3 is 1. The van der Waals surface area contributed by atoms with Crippen molar-refractivity contribution in [3.05, 3.63) is 34.8 Å². The van der Waals surface area contributed by atoms with Crippen LogP contribution in [0.4, 0.5) is 0 Å². The van der Waals surface area contributed by atoms with E-state index in [-0.39, 0.29) is 43.5 Å². The van der Waals surface area contributed by atoms with E-state index < -0.39 is 46.0 Å². The standard InChI is InChI=1S/C30H38O10/c1-16(10-18-11-17(2)25(34)37-18)23(33)26(3)8-9-28-14-29-20(27(4,15-31)38-21(29)12-22(32)39-29)7-6-19(28)24(36-5)30(35,13-26)40-28/h10-11,16,20-21,31,35H,6-9,12-15H2,1-5H3/t16-,20+,21-,26+,27+,28+,29-,30-/m1/s1. The van der Waals surface area contributed by atoms with Crippen LogP contribution in [0.3, 0.4) is 0 Å². The van der Waals surface area contributed by atoms with Crippen LogP contribution in [-0.4, -0.2) is 70.3 Å². The van der Waals surface area contributed by atoms with Gasteiger partial charge in [0.25, 0.3) is 0 Å². The van der Waals surface area contributed by atoms with Gasteiger partial charge in [-0.25, -0.2) is 4.79 Å². The van der Waals surface area contributed by atoms with Gasteiger partial charge < -0.3 is 33.9 Å². The molecule has 5 heterocycles. The monoisotopic (exact) mass is 558 g/mol. The van der Waals surface area contributed by atoms with E-state index in [1.807, 2.05) is 13.8 Å². The molecule has 1 saturated carbocycles. The molecule has 5 aliphatic heterocycles. The fraction of sp³-hybridized carbons (Fsp3) is 0.700. The summed E-state index contributed by atoms with van der Waals surface area (Å²) in [5.74, 6) is -2.97. The van der Waals surface area contributed by atoms with Crippen LogP contribution in [0.1, 0.15) is 72.6 Å². The van der Waals surface area contributed by atoms with E-state index in [0.717, 1.165) is 5.57 Å². The Labute approximate surface area is 233 Å². The fourth-order valence-corrected chi connectivity index (χ4v) is 8.51. The zero-order chi connectivity index (χ0) is 28.9. The molecule has 2 N–H and O–H groups in total. The molecule has 2 spiro atoms. The Morgan fingerprint density at radius 1 is 1.25 bits per heavy atom. The van der Waals surface area contributed by atoms with Crippen LogP contribution in [-0.2, 0) is 38.1 Å². The zero-order valence-corrected chi connectivity index (χ0v) is 23.7. The SMILES string of the molecule is COC1=C2CC[C@@H]3[C@@]4(C[C@@]25CC[C@](C)(C(=O)[C@H](C)C=C2C=C(C)C(=O)O2)C[C@@]1(O)O5)OC(=O)C[C@H]4O[C@@]3(C)CO. The number of esters is 2. The number of ketones is 1. The predicted molar refractivity (Wildman–Crippen MR) is 138 cm³/mol. The first-order valence-corrected chi connectivity index (χ1v) is 14.1. The number of aliphatic hydroxyl groups excluding tert-OH is 1. The van der Waals surface area contributed by atoms with Gasteiger partial charge in [-0.05, 0) is 51.7 Å². The van der Waals surface area contributed by atoms with Crippen molar-refractivity contribution in [3.8, 4) is 0 Å². The Bertz CT molecular complexity index is 1280. The second-order valence-corrected chi connectivity index (χ2v) is 13.0.